The third kappa shape index (κ3) is 4.01. The summed E-state index contributed by atoms with van der Waals surface area (Å²) in [6.45, 7) is 5.49. The topological polar surface area (TPSA) is 99.7 Å². The second-order valence-electron chi connectivity index (χ2n) is 7.15. The van der Waals surface area contributed by atoms with Gasteiger partial charge < -0.3 is 9.80 Å². The van der Waals surface area contributed by atoms with E-state index in [0.29, 0.717) is 37.6 Å². The van der Waals surface area contributed by atoms with E-state index in [1.54, 1.807) is 9.80 Å². The number of sulfonamides is 1. The van der Waals surface area contributed by atoms with E-state index in [9.17, 15) is 18.0 Å². The minimum atomic E-state index is -3.38. The number of amides is 2. The van der Waals surface area contributed by atoms with Crippen LogP contribution in [-0.4, -0.2) is 60.4 Å². The Labute approximate surface area is 157 Å². The van der Waals surface area contributed by atoms with Gasteiger partial charge in [0.05, 0.1) is 18.5 Å². The molecule has 144 valence electrons. The summed E-state index contributed by atoms with van der Waals surface area (Å²) in [7, 11) is -3.38. The lowest BCUT2D eigenvalue weighted by atomic mass is 10.00. The lowest BCUT2D eigenvalue weighted by Crippen LogP contribution is -2.52. The van der Waals surface area contributed by atoms with E-state index < -0.39 is 16.1 Å². The van der Waals surface area contributed by atoms with Crippen LogP contribution in [0.1, 0.15) is 37.3 Å². The summed E-state index contributed by atoms with van der Waals surface area (Å²) in [4.78, 5) is 33.9. The number of nitrogens with one attached hydrogen (secondary N) is 1. The molecule has 1 aromatic rings. The smallest absolute Gasteiger partial charge is 0.245 e. The van der Waals surface area contributed by atoms with Gasteiger partial charge in [-0.1, -0.05) is 25.2 Å². The van der Waals surface area contributed by atoms with Crippen LogP contribution >= 0.6 is 11.3 Å². The Hall–Kier alpha value is -1.68. The lowest BCUT2D eigenvalue weighted by molar-refractivity contribution is -0.146. The highest BCUT2D eigenvalue weighted by Gasteiger charge is 2.38. The van der Waals surface area contributed by atoms with Crippen LogP contribution in [0.5, 0.6) is 0 Å². The van der Waals surface area contributed by atoms with Gasteiger partial charge in [-0.05, 0) is 12.3 Å². The number of anilines is 1. The van der Waals surface area contributed by atoms with Gasteiger partial charge in [0.25, 0.3) is 0 Å². The lowest BCUT2D eigenvalue weighted by Gasteiger charge is -2.36. The van der Waals surface area contributed by atoms with Gasteiger partial charge in [0.1, 0.15) is 6.04 Å². The predicted molar refractivity (Wildman–Crippen MR) is 99.3 cm³/mol. The highest BCUT2D eigenvalue weighted by Crippen LogP contribution is 2.30. The fourth-order valence-corrected chi connectivity index (χ4v) is 5.37. The number of hydrogen-bond acceptors (Lipinski definition) is 6. The highest BCUT2D eigenvalue weighted by atomic mass is 32.2. The normalized spacial score (nSPS) is 19.0. The van der Waals surface area contributed by atoms with Crippen molar-refractivity contribution in [1.82, 2.24) is 14.8 Å². The van der Waals surface area contributed by atoms with Crippen molar-refractivity contribution in [2.45, 2.75) is 45.7 Å². The summed E-state index contributed by atoms with van der Waals surface area (Å²) in [5.41, 5.74) is 0.837. The van der Waals surface area contributed by atoms with Gasteiger partial charge in [0, 0.05) is 30.8 Å². The van der Waals surface area contributed by atoms with Gasteiger partial charge in [-0.25, -0.2) is 13.4 Å². The minimum Gasteiger partial charge on any atom is -0.335 e. The second-order valence-corrected chi connectivity index (χ2v) is 9.98. The first-order valence-electron chi connectivity index (χ1n) is 8.70. The zero-order valence-electron chi connectivity index (χ0n) is 15.2. The van der Waals surface area contributed by atoms with E-state index in [1.165, 1.54) is 11.3 Å². The molecule has 1 N–H and O–H groups in total. The highest BCUT2D eigenvalue weighted by molar-refractivity contribution is 7.92. The number of carbonyl (C=O) groups is 2. The summed E-state index contributed by atoms with van der Waals surface area (Å²) in [6.07, 6.45) is 2.98. The summed E-state index contributed by atoms with van der Waals surface area (Å²) >= 11 is 1.26. The third-order valence-electron chi connectivity index (χ3n) is 4.65. The number of rotatable bonds is 5. The second kappa shape index (κ2) is 7.15. The number of carbonyl (C=O) groups excluding carboxylic acids is 2. The monoisotopic (exact) mass is 400 g/mol. The molecule has 0 aliphatic carbocycles. The average molecular weight is 401 g/mol. The summed E-state index contributed by atoms with van der Waals surface area (Å²) in [5.74, 6) is 0.0500. The molecule has 0 unspecified atom stereocenters. The fraction of sp³-hybridized carbons (Fsp3) is 0.688. The molecule has 1 aromatic heterocycles. The Morgan fingerprint density at radius 1 is 1.27 bits per heavy atom. The van der Waals surface area contributed by atoms with E-state index in [1.807, 2.05) is 13.8 Å². The van der Waals surface area contributed by atoms with Crippen molar-refractivity contribution in [1.29, 1.82) is 0 Å². The molecule has 0 radical (unpaired) electrons. The van der Waals surface area contributed by atoms with E-state index in [0.717, 1.165) is 23.2 Å². The van der Waals surface area contributed by atoms with Crippen molar-refractivity contribution < 1.29 is 18.0 Å². The molecule has 26 heavy (non-hydrogen) atoms. The van der Waals surface area contributed by atoms with Crippen LogP contribution in [0.2, 0.25) is 0 Å². The summed E-state index contributed by atoms with van der Waals surface area (Å²) in [5, 5.41) is 0.335. The molecule has 1 atom stereocenters. The van der Waals surface area contributed by atoms with Crippen LogP contribution in [0.3, 0.4) is 0 Å². The van der Waals surface area contributed by atoms with E-state index in [4.69, 9.17) is 0 Å². The number of aromatic nitrogens is 1. The van der Waals surface area contributed by atoms with E-state index >= 15 is 0 Å². The Bertz CT molecular complexity index is 818. The van der Waals surface area contributed by atoms with Crippen LogP contribution in [0.25, 0.3) is 0 Å². The van der Waals surface area contributed by atoms with Gasteiger partial charge in [-0.2, -0.15) is 0 Å². The van der Waals surface area contributed by atoms with Crippen LogP contribution < -0.4 is 4.72 Å². The molecule has 1 saturated heterocycles. The van der Waals surface area contributed by atoms with Gasteiger partial charge in [0.15, 0.2) is 5.13 Å². The maximum Gasteiger partial charge on any atom is 0.245 e. The molecule has 0 bridgehead atoms. The number of fused-ring (bicyclic) bond motifs is 1. The molecule has 2 amide bonds. The Morgan fingerprint density at radius 3 is 2.58 bits per heavy atom. The molecule has 2 aliphatic heterocycles. The number of hydrogen-bond donors (Lipinski definition) is 1. The molecule has 3 heterocycles. The first-order chi connectivity index (χ1) is 12.2. The van der Waals surface area contributed by atoms with E-state index in [-0.39, 0.29) is 17.7 Å². The summed E-state index contributed by atoms with van der Waals surface area (Å²) in [6, 6.07) is -0.437. The average Bonchev–Trinajstić information content (AvgIpc) is 3.10. The Kier molecular flexibility index (Phi) is 5.25. The molecule has 3 rings (SSSR count). The zero-order chi connectivity index (χ0) is 19.1. The molecule has 1 fully saturated rings. The molecule has 2 aliphatic rings. The van der Waals surface area contributed by atoms with Crippen molar-refractivity contribution >= 4 is 38.3 Å². The fourth-order valence-electron chi connectivity index (χ4n) is 3.51. The molecule has 8 nitrogen and oxygen atoms in total. The maximum absolute atomic E-state index is 13.1. The zero-order valence-corrected chi connectivity index (χ0v) is 16.8. The maximum atomic E-state index is 13.1. The first kappa shape index (κ1) is 19.1. The standard InChI is InChI=1S/C16H24N4O4S2/c1-10(2)14(20-7-4-5-13(20)21)15(22)19-8-6-11-12(9-19)25-16(17-11)18-26(3,23)24/h10,14H,4-9H2,1-3H3,(H,17,18)/t14-/m1/s1. The van der Waals surface area contributed by atoms with Crippen molar-refractivity contribution in [2.75, 3.05) is 24.1 Å². The van der Waals surface area contributed by atoms with Crippen LogP contribution in [-0.2, 0) is 32.6 Å². The van der Waals surface area contributed by atoms with Crippen molar-refractivity contribution in [3.05, 3.63) is 10.6 Å². The van der Waals surface area contributed by atoms with Crippen molar-refractivity contribution in [3.8, 4) is 0 Å². The number of thiazole rings is 1. The van der Waals surface area contributed by atoms with Gasteiger partial charge >= 0.3 is 0 Å². The summed E-state index contributed by atoms with van der Waals surface area (Å²) < 4.78 is 25.2. The van der Waals surface area contributed by atoms with Gasteiger partial charge in [-0.3, -0.25) is 14.3 Å². The molecular weight excluding hydrogens is 376 g/mol. The Morgan fingerprint density at radius 2 is 2.00 bits per heavy atom. The predicted octanol–water partition coefficient (Wildman–Crippen LogP) is 1.05. The van der Waals surface area contributed by atoms with Gasteiger partial charge in [0.2, 0.25) is 21.8 Å². The SMILES string of the molecule is CC(C)[C@H](C(=O)N1CCc2nc(NS(C)(=O)=O)sc2C1)N1CCCC1=O. The van der Waals surface area contributed by atoms with E-state index in [2.05, 4.69) is 9.71 Å². The number of nitrogens with zero attached hydrogens (tertiary/aromatic N) is 3. The van der Waals surface area contributed by atoms with Crippen LogP contribution in [0.15, 0.2) is 0 Å². The van der Waals surface area contributed by atoms with Crippen molar-refractivity contribution in [2.24, 2.45) is 5.92 Å². The molecule has 0 saturated carbocycles. The number of likely N-dealkylation sites (tertiary alicyclic amines) is 1. The first-order valence-corrected chi connectivity index (χ1v) is 11.4. The largest absolute Gasteiger partial charge is 0.335 e. The minimum absolute atomic E-state index is 0.0353. The molecule has 10 heteroatoms. The molecule has 0 spiro atoms. The van der Waals surface area contributed by atoms with Gasteiger partial charge in [-0.15, -0.1) is 0 Å². The van der Waals surface area contributed by atoms with Crippen LogP contribution in [0.4, 0.5) is 5.13 Å². The third-order valence-corrected chi connectivity index (χ3v) is 6.34. The van der Waals surface area contributed by atoms with Crippen LogP contribution in [0, 0.1) is 5.92 Å². The quantitative estimate of drug-likeness (QED) is 0.796. The molecular formula is C16H24N4O4S2. The molecule has 0 aromatic carbocycles. The Balaban J connectivity index is 1.76. The van der Waals surface area contributed by atoms with Crippen molar-refractivity contribution in [3.63, 3.8) is 0 Å².